The van der Waals surface area contributed by atoms with E-state index in [1.54, 1.807) is 6.07 Å². The number of hydrogen-bond donors (Lipinski definition) is 2. The molecule has 0 amide bonds. The van der Waals surface area contributed by atoms with Gasteiger partial charge in [-0.3, -0.25) is 0 Å². The molecule has 0 fully saturated rings. The number of aromatic nitrogens is 1. The van der Waals surface area contributed by atoms with Crippen LogP contribution >= 0.6 is 0 Å². The predicted molar refractivity (Wildman–Crippen MR) is 76.2 cm³/mol. The van der Waals surface area contributed by atoms with Crippen LogP contribution in [0.5, 0.6) is 0 Å². The average Bonchev–Trinajstić information content (AvgIpc) is 2.90. The SMILES string of the molecule is CCN(CC)CC(C)NCc1ccc(C(=O)OC)[nH]1. The van der Waals surface area contributed by atoms with Gasteiger partial charge >= 0.3 is 5.97 Å². The van der Waals surface area contributed by atoms with E-state index < -0.39 is 0 Å². The number of nitrogens with one attached hydrogen (secondary N) is 2. The number of carbonyl (C=O) groups is 1. The van der Waals surface area contributed by atoms with Crippen LogP contribution in [-0.4, -0.2) is 48.6 Å². The fourth-order valence-corrected chi connectivity index (χ4v) is 1.99. The molecule has 0 aromatic carbocycles. The molecule has 1 rings (SSSR count). The van der Waals surface area contributed by atoms with Gasteiger partial charge in [-0.05, 0) is 32.1 Å². The highest BCUT2D eigenvalue weighted by molar-refractivity contribution is 5.87. The van der Waals surface area contributed by atoms with Crippen molar-refractivity contribution in [1.29, 1.82) is 0 Å². The van der Waals surface area contributed by atoms with Crippen molar-refractivity contribution >= 4 is 5.97 Å². The van der Waals surface area contributed by atoms with Crippen LogP contribution in [0.3, 0.4) is 0 Å². The van der Waals surface area contributed by atoms with E-state index in [9.17, 15) is 4.79 Å². The lowest BCUT2D eigenvalue weighted by atomic mass is 10.3. The maximum absolute atomic E-state index is 11.3. The zero-order valence-corrected chi connectivity index (χ0v) is 12.3. The molecule has 1 heterocycles. The Morgan fingerprint density at radius 2 is 2.11 bits per heavy atom. The van der Waals surface area contributed by atoms with Gasteiger partial charge in [0.05, 0.1) is 7.11 Å². The maximum Gasteiger partial charge on any atom is 0.354 e. The number of rotatable bonds is 8. The largest absolute Gasteiger partial charge is 0.464 e. The van der Waals surface area contributed by atoms with E-state index in [2.05, 4.69) is 40.7 Å². The summed E-state index contributed by atoms with van der Waals surface area (Å²) in [7, 11) is 1.38. The van der Waals surface area contributed by atoms with Gasteiger partial charge in [0.2, 0.25) is 0 Å². The smallest absolute Gasteiger partial charge is 0.354 e. The summed E-state index contributed by atoms with van der Waals surface area (Å²) >= 11 is 0. The normalized spacial score (nSPS) is 12.7. The van der Waals surface area contributed by atoms with Crippen LogP contribution in [0.4, 0.5) is 0 Å². The van der Waals surface area contributed by atoms with Crippen molar-refractivity contribution < 1.29 is 9.53 Å². The van der Waals surface area contributed by atoms with Gasteiger partial charge in [0.25, 0.3) is 0 Å². The molecule has 1 atom stereocenters. The molecule has 19 heavy (non-hydrogen) atoms. The number of aromatic amines is 1. The molecule has 1 aromatic heterocycles. The van der Waals surface area contributed by atoms with E-state index in [1.165, 1.54) is 7.11 Å². The van der Waals surface area contributed by atoms with Crippen molar-refractivity contribution in [2.75, 3.05) is 26.7 Å². The fraction of sp³-hybridized carbons (Fsp3) is 0.643. The Morgan fingerprint density at radius 3 is 2.68 bits per heavy atom. The number of H-pyrrole nitrogens is 1. The third kappa shape index (κ3) is 5.04. The predicted octanol–water partition coefficient (Wildman–Crippen LogP) is 1.62. The minimum atomic E-state index is -0.331. The van der Waals surface area contributed by atoms with Gasteiger partial charge in [0.1, 0.15) is 5.69 Å². The molecule has 0 spiro atoms. The van der Waals surface area contributed by atoms with Gasteiger partial charge in [-0.25, -0.2) is 4.79 Å². The lowest BCUT2D eigenvalue weighted by molar-refractivity contribution is 0.0594. The van der Waals surface area contributed by atoms with Gasteiger partial charge in [-0.15, -0.1) is 0 Å². The van der Waals surface area contributed by atoms with Crippen LogP contribution in [0, 0.1) is 0 Å². The molecular formula is C14H25N3O2. The van der Waals surface area contributed by atoms with Crippen LogP contribution in [0.15, 0.2) is 12.1 Å². The number of hydrogen-bond acceptors (Lipinski definition) is 4. The molecule has 108 valence electrons. The standard InChI is InChI=1S/C14H25N3O2/c1-5-17(6-2)10-11(3)15-9-12-7-8-13(16-12)14(18)19-4/h7-8,11,15-16H,5-6,9-10H2,1-4H3. The summed E-state index contributed by atoms with van der Waals surface area (Å²) in [5.74, 6) is -0.331. The second-order valence-corrected chi connectivity index (χ2v) is 4.66. The Kier molecular flexibility index (Phi) is 6.59. The van der Waals surface area contributed by atoms with E-state index in [1.807, 2.05) is 6.07 Å². The van der Waals surface area contributed by atoms with Crippen molar-refractivity contribution in [2.45, 2.75) is 33.4 Å². The summed E-state index contributed by atoms with van der Waals surface area (Å²) in [4.78, 5) is 16.7. The van der Waals surface area contributed by atoms with Crippen LogP contribution in [0.25, 0.3) is 0 Å². The van der Waals surface area contributed by atoms with Crippen LogP contribution in [0.2, 0.25) is 0 Å². The summed E-state index contributed by atoms with van der Waals surface area (Å²) in [5, 5.41) is 3.44. The lowest BCUT2D eigenvalue weighted by Gasteiger charge is -2.23. The zero-order valence-electron chi connectivity index (χ0n) is 12.3. The minimum absolute atomic E-state index is 0.331. The molecule has 0 bridgehead atoms. The Morgan fingerprint density at radius 1 is 1.42 bits per heavy atom. The Bertz CT molecular complexity index is 386. The topological polar surface area (TPSA) is 57.4 Å². The average molecular weight is 267 g/mol. The van der Waals surface area contributed by atoms with Gasteiger partial charge in [0.15, 0.2) is 0 Å². The number of ether oxygens (including phenoxy) is 1. The molecule has 2 N–H and O–H groups in total. The number of nitrogens with zero attached hydrogens (tertiary/aromatic N) is 1. The van der Waals surface area contributed by atoms with Gasteiger partial charge < -0.3 is 19.9 Å². The first-order chi connectivity index (χ1) is 9.10. The van der Waals surface area contributed by atoms with Crippen LogP contribution < -0.4 is 5.32 Å². The van der Waals surface area contributed by atoms with E-state index >= 15 is 0 Å². The highest BCUT2D eigenvalue weighted by atomic mass is 16.5. The first-order valence-electron chi connectivity index (χ1n) is 6.82. The number of likely N-dealkylation sites (N-methyl/N-ethyl adjacent to an activating group) is 1. The minimum Gasteiger partial charge on any atom is -0.464 e. The highest BCUT2D eigenvalue weighted by Crippen LogP contribution is 2.03. The quantitative estimate of drug-likeness (QED) is 0.703. The summed E-state index contributed by atoms with van der Waals surface area (Å²) in [5.41, 5.74) is 1.49. The molecule has 0 aliphatic rings. The highest BCUT2D eigenvalue weighted by Gasteiger charge is 2.10. The van der Waals surface area contributed by atoms with E-state index in [4.69, 9.17) is 0 Å². The Balaban J connectivity index is 2.39. The Hall–Kier alpha value is -1.33. The van der Waals surface area contributed by atoms with Crippen molar-refractivity contribution in [3.63, 3.8) is 0 Å². The lowest BCUT2D eigenvalue weighted by Crippen LogP contribution is -2.38. The molecule has 0 aliphatic heterocycles. The molecule has 0 radical (unpaired) electrons. The summed E-state index contributed by atoms with van der Waals surface area (Å²) in [6.07, 6.45) is 0. The molecule has 0 saturated carbocycles. The summed E-state index contributed by atoms with van der Waals surface area (Å²) < 4.78 is 4.66. The van der Waals surface area contributed by atoms with Gasteiger partial charge in [0, 0.05) is 24.8 Å². The number of carbonyl (C=O) groups excluding carboxylic acids is 1. The van der Waals surface area contributed by atoms with E-state index in [0.717, 1.165) is 31.9 Å². The van der Waals surface area contributed by atoms with Crippen molar-refractivity contribution in [2.24, 2.45) is 0 Å². The Labute approximate surface area is 115 Å². The van der Waals surface area contributed by atoms with E-state index in [0.29, 0.717) is 11.7 Å². The summed E-state index contributed by atoms with van der Waals surface area (Å²) in [6, 6.07) is 4.06. The number of methoxy groups -OCH3 is 1. The molecule has 5 nitrogen and oxygen atoms in total. The van der Waals surface area contributed by atoms with Crippen molar-refractivity contribution in [3.8, 4) is 0 Å². The first-order valence-corrected chi connectivity index (χ1v) is 6.82. The molecule has 1 unspecified atom stereocenters. The van der Waals surface area contributed by atoms with Crippen LogP contribution in [0.1, 0.15) is 37.0 Å². The zero-order chi connectivity index (χ0) is 14.3. The molecule has 0 saturated heterocycles. The molecule has 1 aromatic rings. The van der Waals surface area contributed by atoms with Crippen molar-refractivity contribution in [3.05, 3.63) is 23.5 Å². The first kappa shape index (κ1) is 15.7. The van der Waals surface area contributed by atoms with Gasteiger partial charge in [-0.2, -0.15) is 0 Å². The monoisotopic (exact) mass is 267 g/mol. The third-order valence-corrected chi connectivity index (χ3v) is 3.22. The van der Waals surface area contributed by atoms with Gasteiger partial charge in [-0.1, -0.05) is 13.8 Å². The third-order valence-electron chi connectivity index (χ3n) is 3.22. The molecule has 5 heteroatoms. The fourth-order valence-electron chi connectivity index (χ4n) is 1.99. The maximum atomic E-state index is 11.3. The van der Waals surface area contributed by atoms with E-state index in [-0.39, 0.29) is 5.97 Å². The van der Waals surface area contributed by atoms with Crippen molar-refractivity contribution in [1.82, 2.24) is 15.2 Å². The summed E-state index contributed by atoms with van der Waals surface area (Å²) in [6.45, 7) is 10.4. The second-order valence-electron chi connectivity index (χ2n) is 4.66. The van der Waals surface area contributed by atoms with Crippen LogP contribution in [-0.2, 0) is 11.3 Å². The molecular weight excluding hydrogens is 242 g/mol. The number of esters is 1. The second kappa shape index (κ2) is 7.96. The molecule has 0 aliphatic carbocycles.